The van der Waals surface area contributed by atoms with E-state index in [0.717, 1.165) is 9.17 Å². The first-order valence-electron chi connectivity index (χ1n) is 6.25. The lowest BCUT2D eigenvalue weighted by Crippen LogP contribution is -2.28. The molecule has 0 bridgehead atoms. The Labute approximate surface area is 129 Å². The zero-order valence-electron chi connectivity index (χ0n) is 10.9. The summed E-state index contributed by atoms with van der Waals surface area (Å²) in [6, 6.07) is 10.4. The largest absolute Gasteiger partial charge is 0.271 e. The maximum Gasteiger partial charge on any atom is 0.0809 e. The second kappa shape index (κ2) is 5.61. The Morgan fingerprint density at radius 3 is 2.90 bits per heavy atom. The van der Waals surface area contributed by atoms with E-state index in [4.69, 9.17) is 5.84 Å². The number of thiophene rings is 1. The summed E-state index contributed by atoms with van der Waals surface area (Å²) in [6.45, 7) is 2.09. The van der Waals surface area contributed by atoms with Gasteiger partial charge >= 0.3 is 0 Å². The summed E-state index contributed by atoms with van der Waals surface area (Å²) in [7, 11) is 0. The molecular weight excluding hydrogens is 334 g/mol. The summed E-state index contributed by atoms with van der Waals surface area (Å²) in [5, 5.41) is 2.30. The van der Waals surface area contributed by atoms with Crippen LogP contribution in [0.2, 0.25) is 0 Å². The third-order valence-corrected chi connectivity index (χ3v) is 5.55. The van der Waals surface area contributed by atoms with E-state index >= 15 is 0 Å². The van der Waals surface area contributed by atoms with Gasteiger partial charge in [0, 0.05) is 22.7 Å². The fourth-order valence-electron chi connectivity index (χ4n) is 2.35. The van der Waals surface area contributed by atoms with Gasteiger partial charge in [-0.05, 0) is 51.5 Å². The summed E-state index contributed by atoms with van der Waals surface area (Å²) in [5.41, 5.74) is 5.33. The Kier molecular flexibility index (Phi) is 3.85. The summed E-state index contributed by atoms with van der Waals surface area (Å²) in [5.74, 6) is 5.81. The van der Waals surface area contributed by atoms with Crippen molar-refractivity contribution in [2.75, 3.05) is 0 Å². The topological polar surface area (TPSA) is 50.9 Å². The summed E-state index contributed by atoms with van der Waals surface area (Å²) in [6.07, 6.45) is 3.69. The number of hydrogen-bond donors (Lipinski definition) is 2. The molecule has 0 fully saturated rings. The second-order valence-electron chi connectivity index (χ2n) is 4.65. The number of nitrogens with one attached hydrogen (secondary N) is 1. The van der Waals surface area contributed by atoms with E-state index in [-0.39, 0.29) is 6.04 Å². The Bertz CT molecular complexity index is 729. The minimum atomic E-state index is -0.0175. The lowest BCUT2D eigenvalue weighted by molar-refractivity contribution is 0.650. The predicted molar refractivity (Wildman–Crippen MR) is 87.7 cm³/mol. The van der Waals surface area contributed by atoms with Gasteiger partial charge in [-0.25, -0.2) is 5.43 Å². The van der Waals surface area contributed by atoms with Crippen LogP contribution < -0.4 is 11.3 Å². The van der Waals surface area contributed by atoms with Gasteiger partial charge in [0.15, 0.2) is 0 Å². The second-order valence-corrected chi connectivity index (χ2v) is 7.05. The lowest BCUT2D eigenvalue weighted by atomic mass is 9.99. The molecule has 1 atom stereocenters. The number of pyridine rings is 1. The number of nitrogens with two attached hydrogens (primary N) is 1. The van der Waals surface area contributed by atoms with E-state index in [2.05, 4.69) is 51.5 Å². The molecule has 1 aromatic carbocycles. The molecule has 102 valence electrons. The van der Waals surface area contributed by atoms with Crippen molar-refractivity contribution in [2.45, 2.75) is 13.0 Å². The molecule has 3 N–H and O–H groups in total. The number of nitrogens with zero attached hydrogens (tertiary/aromatic N) is 1. The highest BCUT2D eigenvalue weighted by molar-refractivity contribution is 9.11. The molecule has 3 aromatic rings. The van der Waals surface area contributed by atoms with Crippen molar-refractivity contribution in [3.05, 3.63) is 62.5 Å². The van der Waals surface area contributed by atoms with Crippen molar-refractivity contribution >= 4 is 38.0 Å². The van der Waals surface area contributed by atoms with Crippen molar-refractivity contribution in [1.82, 2.24) is 10.4 Å². The maximum absolute atomic E-state index is 5.81. The van der Waals surface area contributed by atoms with E-state index in [1.807, 2.05) is 24.5 Å². The molecule has 3 rings (SSSR count). The molecule has 0 aliphatic rings. The summed E-state index contributed by atoms with van der Waals surface area (Å²) < 4.78 is 1.15. The van der Waals surface area contributed by atoms with Gasteiger partial charge < -0.3 is 0 Å². The fourth-order valence-corrected chi connectivity index (χ4v) is 4.00. The van der Waals surface area contributed by atoms with Crippen LogP contribution in [-0.2, 0) is 0 Å². The molecule has 0 saturated carbocycles. The third kappa shape index (κ3) is 2.38. The van der Waals surface area contributed by atoms with Crippen LogP contribution in [0.3, 0.4) is 0 Å². The molecule has 2 heterocycles. The number of benzene rings is 1. The monoisotopic (exact) mass is 347 g/mol. The van der Waals surface area contributed by atoms with Gasteiger partial charge in [0.05, 0.1) is 9.83 Å². The van der Waals surface area contributed by atoms with Crippen LogP contribution in [0.1, 0.15) is 22.0 Å². The van der Waals surface area contributed by atoms with Crippen molar-refractivity contribution in [3.63, 3.8) is 0 Å². The van der Waals surface area contributed by atoms with Crippen molar-refractivity contribution < 1.29 is 0 Å². The highest BCUT2D eigenvalue weighted by atomic mass is 79.9. The van der Waals surface area contributed by atoms with Gasteiger partial charge in [0.2, 0.25) is 0 Å². The van der Waals surface area contributed by atoms with Gasteiger partial charge in [0.25, 0.3) is 0 Å². The molecule has 0 spiro atoms. The fraction of sp³-hybridized carbons (Fsp3) is 0.133. The molecule has 20 heavy (non-hydrogen) atoms. The molecule has 1 unspecified atom stereocenters. The molecule has 0 amide bonds. The molecule has 0 aliphatic heterocycles. The predicted octanol–water partition coefficient (Wildman–Crippen LogP) is 3.92. The molecule has 0 saturated heterocycles. The number of fused-ring (bicyclic) bond motifs is 1. The average molecular weight is 348 g/mol. The number of halogens is 1. The number of aryl methyl sites for hydroxylation is 1. The maximum atomic E-state index is 5.81. The van der Waals surface area contributed by atoms with Crippen molar-refractivity contribution in [1.29, 1.82) is 0 Å². The lowest BCUT2D eigenvalue weighted by Gasteiger charge is -2.17. The SMILES string of the molecule is Cc1cc(C(NN)c2cccc3cnccc23)sc1Br. The number of hydrogen-bond acceptors (Lipinski definition) is 4. The van der Waals surface area contributed by atoms with Crippen LogP contribution in [0.4, 0.5) is 0 Å². The number of aromatic nitrogens is 1. The highest BCUT2D eigenvalue weighted by Gasteiger charge is 2.18. The van der Waals surface area contributed by atoms with Crippen LogP contribution in [0.25, 0.3) is 10.8 Å². The smallest absolute Gasteiger partial charge is 0.0809 e. The van der Waals surface area contributed by atoms with Crippen LogP contribution in [0.15, 0.2) is 46.5 Å². The van der Waals surface area contributed by atoms with Gasteiger partial charge in [-0.3, -0.25) is 10.8 Å². The normalized spacial score (nSPS) is 12.8. The third-order valence-electron chi connectivity index (χ3n) is 3.35. The van der Waals surface area contributed by atoms with Crippen LogP contribution >= 0.6 is 27.3 Å². The summed E-state index contributed by atoms with van der Waals surface area (Å²) in [4.78, 5) is 5.37. The molecule has 5 heteroatoms. The van der Waals surface area contributed by atoms with E-state index < -0.39 is 0 Å². The van der Waals surface area contributed by atoms with Gasteiger partial charge in [-0.2, -0.15) is 0 Å². The standard InChI is InChI=1S/C15H14BrN3S/c1-9-7-13(20-15(9)16)14(19-17)12-4-2-3-10-8-18-6-5-11(10)12/h2-8,14,19H,17H2,1H3. The zero-order valence-corrected chi connectivity index (χ0v) is 13.3. The van der Waals surface area contributed by atoms with Crippen LogP contribution in [-0.4, -0.2) is 4.98 Å². The van der Waals surface area contributed by atoms with E-state index in [1.54, 1.807) is 11.3 Å². The molecular formula is C15H14BrN3S. The Balaban J connectivity index is 2.16. The first-order valence-corrected chi connectivity index (χ1v) is 7.86. The Morgan fingerprint density at radius 1 is 1.35 bits per heavy atom. The number of rotatable bonds is 3. The van der Waals surface area contributed by atoms with Gasteiger partial charge in [0.1, 0.15) is 0 Å². The zero-order chi connectivity index (χ0) is 14.1. The van der Waals surface area contributed by atoms with Crippen molar-refractivity contribution in [2.24, 2.45) is 5.84 Å². The van der Waals surface area contributed by atoms with Gasteiger partial charge in [-0.15, -0.1) is 11.3 Å². The first-order chi connectivity index (χ1) is 9.70. The Morgan fingerprint density at radius 2 is 2.20 bits per heavy atom. The Hall–Kier alpha value is -1.27. The van der Waals surface area contributed by atoms with Gasteiger partial charge in [-0.1, -0.05) is 18.2 Å². The van der Waals surface area contributed by atoms with E-state index in [1.165, 1.54) is 21.4 Å². The first kappa shape index (κ1) is 13.7. The minimum absolute atomic E-state index is 0.0175. The van der Waals surface area contributed by atoms with Crippen LogP contribution in [0, 0.1) is 6.92 Å². The molecule has 0 radical (unpaired) electrons. The molecule has 3 nitrogen and oxygen atoms in total. The number of hydrazine groups is 1. The minimum Gasteiger partial charge on any atom is -0.271 e. The van der Waals surface area contributed by atoms with E-state index in [9.17, 15) is 0 Å². The summed E-state index contributed by atoms with van der Waals surface area (Å²) >= 11 is 5.28. The van der Waals surface area contributed by atoms with Crippen LogP contribution in [0.5, 0.6) is 0 Å². The average Bonchev–Trinajstić information content (AvgIpc) is 2.79. The quantitative estimate of drug-likeness (QED) is 0.557. The molecule has 2 aromatic heterocycles. The molecule has 0 aliphatic carbocycles. The highest BCUT2D eigenvalue weighted by Crippen LogP contribution is 2.36. The van der Waals surface area contributed by atoms with E-state index in [0.29, 0.717) is 0 Å². The van der Waals surface area contributed by atoms with Crippen molar-refractivity contribution in [3.8, 4) is 0 Å².